The molecule has 29 heavy (non-hydrogen) atoms. The molecule has 0 aliphatic rings. The van der Waals surface area contributed by atoms with Gasteiger partial charge < -0.3 is 15.2 Å². The highest BCUT2D eigenvalue weighted by molar-refractivity contribution is 6.07. The minimum atomic E-state index is -1.77. The van der Waals surface area contributed by atoms with Gasteiger partial charge in [0.1, 0.15) is 17.6 Å². The number of hydrogen-bond donors (Lipinski definition) is 2. The number of carboxylic acids is 1. The number of ether oxygens (including phenoxy) is 1. The Balaban J connectivity index is 3.34. The Morgan fingerprint density at radius 3 is 1.86 bits per heavy atom. The maximum Gasteiger partial charge on any atom is 0.318 e. The maximum absolute atomic E-state index is 12.6. The predicted molar refractivity (Wildman–Crippen MR) is 94.9 cm³/mol. The number of non-ortho nitro benzene ring substituents is 2. The number of amides is 1. The molecule has 1 aromatic rings. The molecule has 1 rings (SSSR count). The highest BCUT2D eigenvalue weighted by Crippen LogP contribution is 2.29. The number of ketones is 1. The molecule has 0 saturated heterocycles. The maximum atomic E-state index is 12.6. The number of nitro benzene ring substituents is 2. The highest BCUT2D eigenvalue weighted by Gasteiger charge is 2.42. The molecule has 13 heteroatoms. The number of esters is 1. The van der Waals surface area contributed by atoms with Gasteiger partial charge >= 0.3 is 11.9 Å². The van der Waals surface area contributed by atoms with Gasteiger partial charge in [-0.1, -0.05) is 6.92 Å². The van der Waals surface area contributed by atoms with E-state index in [9.17, 15) is 44.5 Å². The number of hydrogen-bond acceptors (Lipinski definition) is 9. The Kier molecular flexibility index (Phi) is 7.46. The summed E-state index contributed by atoms with van der Waals surface area (Å²) in [7, 11) is 0.942. The van der Waals surface area contributed by atoms with Gasteiger partial charge in [0.2, 0.25) is 5.91 Å². The molecule has 0 aliphatic carbocycles. The van der Waals surface area contributed by atoms with Crippen molar-refractivity contribution in [2.24, 2.45) is 17.8 Å². The number of nitro groups is 2. The van der Waals surface area contributed by atoms with Gasteiger partial charge in [0.05, 0.1) is 28.7 Å². The van der Waals surface area contributed by atoms with E-state index < -0.39 is 62.6 Å². The first-order chi connectivity index (χ1) is 13.4. The molecule has 0 aromatic heterocycles. The fraction of sp³-hybridized carbons (Fsp3) is 0.375. The summed E-state index contributed by atoms with van der Waals surface area (Å²) < 4.78 is 4.51. The van der Waals surface area contributed by atoms with Crippen molar-refractivity contribution in [1.82, 2.24) is 0 Å². The van der Waals surface area contributed by atoms with E-state index in [1.165, 1.54) is 6.92 Å². The summed E-state index contributed by atoms with van der Waals surface area (Å²) in [5, 5.41) is 33.2. The Morgan fingerprint density at radius 1 is 1.03 bits per heavy atom. The van der Waals surface area contributed by atoms with Gasteiger partial charge in [0.15, 0.2) is 0 Å². The molecule has 2 N–H and O–H groups in total. The average Bonchev–Trinajstić information content (AvgIpc) is 2.60. The molecule has 0 bridgehead atoms. The Labute approximate surface area is 162 Å². The Morgan fingerprint density at radius 2 is 1.52 bits per heavy atom. The van der Waals surface area contributed by atoms with E-state index in [-0.39, 0.29) is 5.69 Å². The van der Waals surface area contributed by atoms with Gasteiger partial charge in [0.25, 0.3) is 11.4 Å². The van der Waals surface area contributed by atoms with Crippen LogP contribution in [0.3, 0.4) is 0 Å². The zero-order valence-electron chi connectivity index (χ0n) is 15.5. The van der Waals surface area contributed by atoms with Crippen LogP contribution < -0.4 is 5.32 Å². The predicted octanol–water partition coefficient (Wildman–Crippen LogP) is 1.16. The summed E-state index contributed by atoms with van der Waals surface area (Å²) in [6.45, 7) is 2.16. The van der Waals surface area contributed by atoms with Crippen LogP contribution in [0.15, 0.2) is 18.2 Å². The van der Waals surface area contributed by atoms with Crippen molar-refractivity contribution in [1.29, 1.82) is 0 Å². The third-order valence-corrected chi connectivity index (χ3v) is 4.08. The fourth-order valence-corrected chi connectivity index (χ4v) is 2.75. The molecule has 0 fully saturated rings. The number of carbonyl (C=O) groups is 4. The van der Waals surface area contributed by atoms with Crippen LogP contribution in [0.2, 0.25) is 0 Å². The van der Waals surface area contributed by atoms with Gasteiger partial charge in [-0.15, -0.1) is 0 Å². The highest BCUT2D eigenvalue weighted by atomic mass is 16.6. The average molecular weight is 411 g/mol. The summed E-state index contributed by atoms with van der Waals surface area (Å²) in [6, 6.07) is 2.32. The molecule has 0 radical (unpaired) electrons. The van der Waals surface area contributed by atoms with E-state index in [2.05, 4.69) is 10.1 Å². The van der Waals surface area contributed by atoms with Crippen molar-refractivity contribution in [3.63, 3.8) is 0 Å². The molecule has 1 aromatic carbocycles. The SMILES string of the molecule is COC(=O)C(C(=O)Nc1cc([N+](=O)[O-])cc([N+](=O)[O-])c1)[C@H](C)[C@@H](C(C)=O)C(=O)O. The van der Waals surface area contributed by atoms with Crippen molar-refractivity contribution >= 4 is 40.7 Å². The standard InChI is InChI=1S/C16H17N3O10/c1-7(12(8(2)20)15(22)23)13(16(24)29-3)14(21)17-9-4-10(18(25)26)6-11(5-9)19(27)28/h4-7,12-13H,1-3H3,(H,17,21)(H,22,23)/t7-,12+,13?/m1/s1. The van der Waals surface area contributed by atoms with E-state index in [1.807, 2.05) is 0 Å². The number of carbonyl (C=O) groups excluding carboxylic acids is 3. The third-order valence-electron chi connectivity index (χ3n) is 4.08. The van der Waals surface area contributed by atoms with Crippen molar-refractivity contribution in [3.8, 4) is 0 Å². The lowest BCUT2D eigenvalue weighted by Gasteiger charge is -2.24. The minimum absolute atomic E-state index is 0.369. The zero-order valence-corrected chi connectivity index (χ0v) is 15.5. The van der Waals surface area contributed by atoms with Crippen LogP contribution in [0, 0.1) is 38.0 Å². The van der Waals surface area contributed by atoms with Gasteiger partial charge in [-0.2, -0.15) is 0 Å². The van der Waals surface area contributed by atoms with Crippen molar-refractivity contribution in [2.45, 2.75) is 13.8 Å². The first kappa shape index (κ1) is 23.1. The molecule has 13 nitrogen and oxygen atoms in total. The van der Waals surface area contributed by atoms with E-state index in [0.29, 0.717) is 6.07 Å². The molecule has 0 aliphatic heterocycles. The topological polar surface area (TPSA) is 196 Å². The van der Waals surface area contributed by atoms with Crippen LogP contribution in [-0.4, -0.2) is 45.7 Å². The number of Topliss-reactive ketones (excluding diaryl/α,β-unsaturated/α-hetero) is 1. The number of anilines is 1. The molecule has 1 unspecified atom stereocenters. The number of carboxylic acid groups (broad SMARTS) is 1. The third kappa shape index (κ3) is 5.54. The second-order valence-corrected chi connectivity index (χ2v) is 6.03. The van der Waals surface area contributed by atoms with E-state index >= 15 is 0 Å². The van der Waals surface area contributed by atoms with Crippen LogP contribution in [0.5, 0.6) is 0 Å². The van der Waals surface area contributed by atoms with Gasteiger partial charge in [0, 0.05) is 12.1 Å². The van der Waals surface area contributed by atoms with E-state index in [0.717, 1.165) is 26.2 Å². The summed E-state index contributed by atoms with van der Waals surface area (Å²) >= 11 is 0. The molecular weight excluding hydrogens is 394 g/mol. The second kappa shape index (κ2) is 9.34. The monoisotopic (exact) mass is 411 g/mol. The molecule has 156 valence electrons. The largest absolute Gasteiger partial charge is 0.481 e. The number of nitrogens with zero attached hydrogens (tertiary/aromatic N) is 2. The van der Waals surface area contributed by atoms with Crippen LogP contribution in [0.25, 0.3) is 0 Å². The summed E-state index contributed by atoms with van der Waals surface area (Å²) in [6.07, 6.45) is 0. The van der Waals surface area contributed by atoms with E-state index in [4.69, 9.17) is 0 Å². The lowest BCUT2D eigenvalue weighted by Crippen LogP contribution is -2.42. The van der Waals surface area contributed by atoms with Crippen molar-refractivity contribution in [3.05, 3.63) is 38.4 Å². The molecule has 0 spiro atoms. The summed E-state index contributed by atoms with van der Waals surface area (Å²) in [5.41, 5.74) is -1.75. The molecule has 0 heterocycles. The number of rotatable bonds is 9. The number of aliphatic carboxylic acids is 1. The smallest absolute Gasteiger partial charge is 0.318 e. The first-order valence-electron chi connectivity index (χ1n) is 7.96. The number of methoxy groups -OCH3 is 1. The molecule has 1 amide bonds. The van der Waals surface area contributed by atoms with Gasteiger partial charge in [-0.05, 0) is 12.8 Å². The zero-order chi connectivity index (χ0) is 22.5. The van der Waals surface area contributed by atoms with Gasteiger partial charge in [-0.3, -0.25) is 39.4 Å². The number of nitrogens with one attached hydrogen (secondary N) is 1. The fourth-order valence-electron chi connectivity index (χ4n) is 2.75. The quantitative estimate of drug-likeness (QED) is 0.257. The van der Waals surface area contributed by atoms with Crippen molar-refractivity contribution in [2.75, 3.05) is 12.4 Å². The second-order valence-electron chi connectivity index (χ2n) is 6.03. The van der Waals surface area contributed by atoms with Gasteiger partial charge in [-0.25, -0.2) is 0 Å². The molecule has 3 atom stereocenters. The molecule has 0 saturated carbocycles. The summed E-state index contributed by atoms with van der Waals surface area (Å²) in [5.74, 6) is -9.48. The van der Waals surface area contributed by atoms with E-state index in [1.54, 1.807) is 0 Å². The number of benzene rings is 1. The van der Waals surface area contributed by atoms with Crippen LogP contribution in [0.4, 0.5) is 17.1 Å². The van der Waals surface area contributed by atoms with Crippen LogP contribution >= 0.6 is 0 Å². The Bertz CT molecular complexity index is 835. The lowest BCUT2D eigenvalue weighted by molar-refractivity contribution is -0.394. The molecular formula is C16H17N3O10. The lowest BCUT2D eigenvalue weighted by atomic mass is 9.80. The minimum Gasteiger partial charge on any atom is -0.481 e. The van der Waals surface area contributed by atoms with Crippen LogP contribution in [0.1, 0.15) is 13.8 Å². The van der Waals surface area contributed by atoms with Crippen molar-refractivity contribution < 1.29 is 38.9 Å². The summed E-state index contributed by atoms with van der Waals surface area (Å²) in [4.78, 5) is 67.8. The first-order valence-corrected chi connectivity index (χ1v) is 7.96. The Hall–Kier alpha value is -3.90. The normalized spacial score (nSPS) is 13.5. The van der Waals surface area contributed by atoms with Crippen LogP contribution in [-0.2, 0) is 23.9 Å².